The molecule has 0 spiro atoms. The summed E-state index contributed by atoms with van der Waals surface area (Å²) < 4.78 is 1.82. The van der Waals surface area contributed by atoms with Gasteiger partial charge in [0.1, 0.15) is 17.9 Å². The van der Waals surface area contributed by atoms with E-state index in [0.29, 0.717) is 17.7 Å². The summed E-state index contributed by atoms with van der Waals surface area (Å²) in [6, 6.07) is 12.4. The van der Waals surface area contributed by atoms with E-state index >= 15 is 0 Å². The first-order valence-electron chi connectivity index (χ1n) is 10.2. The molecule has 31 heavy (non-hydrogen) atoms. The molecule has 0 amide bonds. The number of aromatic nitrogens is 3. The van der Waals surface area contributed by atoms with Gasteiger partial charge in [0.15, 0.2) is 5.82 Å². The molecule has 0 unspecified atom stereocenters. The molecule has 0 bridgehead atoms. The van der Waals surface area contributed by atoms with Crippen molar-refractivity contribution in [3.05, 3.63) is 54.0 Å². The van der Waals surface area contributed by atoms with Crippen LogP contribution in [-0.4, -0.2) is 44.5 Å². The fourth-order valence-corrected chi connectivity index (χ4v) is 3.53. The number of nitrogens with one attached hydrogen (secondary N) is 1. The van der Waals surface area contributed by atoms with Crippen LogP contribution in [0.3, 0.4) is 0 Å². The summed E-state index contributed by atoms with van der Waals surface area (Å²) in [7, 11) is 0. The summed E-state index contributed by atoms with van der Waals surface area (Å²) in [5, 5.41) is 25.0. The smallest absolute Gasteiger partial charge is 0.279 e. The van der Waals surface area contributed by atoms with Crippen molar-refractivity contribution in [3.63, 3.8) is 0 Å². The van der Waals surface area contributed by atoms with Crippen LogP contribution >= 0.6 is 0 Å². The van der Waals surface area contributed by atoms with Gasteiger partial charge in [-0.2, -0.15) is 10.4 Å². The maximum absolute atomic E-state index is 9.01. The second-order valence-corrected chi connectivity index (χ2v) is 7.94. The fraction of sp³-hybridized carbons (Fsp3) is 0.333. The minimum atomic E-state index is 0.127. The number of anilines is 2. The molecule has 158 valence electrons. The number of nitriles is 1. The van der Waals surface area contributed by atoms with Crippen LogP contribution in [0.1, 0.15) is 25.0 Å². The Morgan fingerprint density at radius 3 is 2.97 bits per heavy atom. The zero-order chi connectivity index (χ0) is 21.8. The average molecular weight is 419 g/mol. The molecule has 1 fully saturated rings. The Morgan fingerprint density at radius 2 is 2.23 bits per heavy atom. The monoisotopic (exact) mass is 418 g/mol. The molecule has 0 aliphatic carbocycles. The van der Waals surface area contributed by atoms with Gasteiger partial charge in [0, 0.05) is 42.2 Å². The highest BCUT2D eigenvalue weighted by molar-refractivity contribution is 5.99. The van der Waals surface area contributed by atoms with E-state index in [1.54, 1.807) is 0 Å². The average Bonchev–Trinajstić information content (AvgIpc) is 3.15. The van der Waals surface area contributed by atoms with Crippen LogP contribution < -0.4 is 16.3 Å². The van der Waals surface area contributed by atoms with Crippen molar-refractivity contribution in [2.45, 2.75) is 26.4 Å². The van der Waals surface area contributed by atoms with Crippen LogP contribution in [0.5, 0.6) is 0 Å². The van der Waals surface area contributed by atoms with Gasteiger partial charge >= 0.3 is 0 Å². The molecule has 10 nitrogen and oxygen atoms in total. The van der Waals surface area contributed by atoms with Crippen molar-refractivity contribution >= 4 is 22.9 Å². The van der Waals surface area contributed by atoms with Crippen molar-refractivity contribution in [1.82, 2.24) is 19.5 Å². The van der Waals surface area contributed by atoms with E-state index < -0.39 is 0 Å². The zero-order valence-corrected chi connectivity index (χ0v) is 17.6. The Bertz CT molecular complexity index is 1150. The van der Waals surface area contributed by atoms with E-state index in [4.69, 9.17) is 10.8 Å². The third kappa shape index (κ3) is 4.58. The van der Waals surface area contributed by atoms with Gasteiger partial charge in [0.2, 0.25) is 0 Å². The summed E-state index contributed by atoms with van der Waals surface area (Å²) in [5.41, 5.74) is 11.1. The Morgan fingerprint density at radius 1 is 1.39 bits per heavy atom. The third-order valence-electron chi connectivity index (χ3n) is 5.07. The molecular weight excluding hydrogens is 392 g/mol. The van der Waals surface area contributed by atoms with Gasteiger partial charge in [-0.05, 0) is 37.6 Å². The van der Waals surface area contributed by atoms with E-state index in [1.807, 2.05) is 60.3 Å². The lowest BCUT2D eigenvalue weighted by atomic mass is 10.0. The second kappa shape index (κ2) is 8.99. The Hall–Kier alpha value is -3.68. The molecule has 3 heterocycles. The lowest BCUT2D eigenvalue weighted by molar-refractivity contribution is -0.689. The van der Waals surface area contributed by atoms with E-state index in [2.05, 4.69) is 36.6 Å². The summed E-state index contributed by atoms with van der Waals surface area (Å²) >= 11 is 0. The van der Waals surface area contributed by atoms with Gasteiger partial charge in [-0.3, -0.25) is 4.90 Å². The van der Waals surface area contributed by atoms with E-state index in [1.165, 1.54) is 6.33 Å². The highest BCUT2D eigenvalue weighted by Crippen LogP contribution is 2.26. The number of hydrogen-bond donors (Lipinski definition) is 3. The number of nitrogens with two attached hydrogens (primary N) is 2. The molecule has 0 radical (unpaired) electrons. The van der Waals surface area contributed by atoms with Crippen LogP contribution in [-0.2, 0) is 6.54 Å². The van der Waals surface area contributed by atoms with Crippen LogP contribution in [0.2, 0.25) is 0 Å². The van der Waals surface area contributed by atoms with Gasteiger partial charge in [-0.1, -0.05) is 17.2 Å². The number of likely N-dealkylation sites (tertiary alicyclic amines) is 1. The van der Waals surface area contributed by atoms with Gasteiger partial charge in [-0.25, -0.2) is 14.9 Å². The SMILES string of the molecule is CC(C)[NH2+]/N=C(\N=[NH2+])c1cccc(Nc2ncnn3ccc(CN4CC(C#N)C4)c23)c1. The summed E-state index contributed by atoms with van der Waals surface area (Å²) in [6.07, 6.45) is 3.45. The number of fused-ring (bicyclic) bond motifs is 1. The van der Waals surface area contributed by atoms with Gasteiger partial charge in [-0.15, -0.1) is 5.53 Å². The number of amidine groups is 1. The molecule has 3 aromatic rings. The van der Waals surface area contributed by atoms with Crippen molar-refractivity contribution in [3.8, 4) is 6.07 Å². The highest BCUT2D eigenvalue weighted by Gasteiger charge is 2.27. The maximum Gasteiger partial charge on any atom is 0.279 e. The topological polar surface area (TPSA) is 136 Å². The lowest BCUT2D eigenvalue weighted by Crippen LogP contribution is -2.83. The molecular formula is C21H26N10+2. The Balaban J connectivity index is 1.59. The minimum Gasteiger partial charge on any atom is -0.338 e. The molecule has 0 saturated carbocycles. The van der Waals surface area contributed by atoms with Crippen molar-refractivity contribution < 1.29 is 11.0 Å². The highest BCUT2D eigenvalue weighted by atomic mass is 15.3. The first-order chi connectivity index (χ1) is 15.1. The normalized spacial score (nSPS) is 15.1. The molecule has 10 heteroatoms. The molecule has 1 aliphatic heterocycles. The predicted octanol–water partition coefficient (Wildman–Crippen LogP) is 0.273. The van der Waals surface area contributed by atoms with Crippen LogP contribution in [0.4, 0.5) is 11.5 Å². The second-order valence-electron chi connectivity index (χ2n) is 7.94. The number of nitrogens with zero attached hydrogens (tertiary/aromatic N) is 7. The number of benzene rings is 1. The van der Waals surface area contributed by atoms with Crippen molar-refractivity contribution in [2.24, 2.45) is 16.1 Å². The van der Waals surface area contributed by atoms with Gasteiger partial charge in [0.25, 0.3) is 5.84 Å². The van der Waals surface area contributed by atoms with Crippen LogP contribution in [0.25, 0.3) is 5.52 Å². The van der Waals surface area contributed by atoms with Gasteiger partial charge in [0.05, 0.1) is 12.0 Å². The Kier molecular flexibility index (Phi) is 5.97. The fourth-order valence-electron chi connectivity index (χ4n) is 3.53. The minimum absolute atomic E-state index is 0.127. The maximum atomic E-state index is 9.01. The van der Waals surface area contributed by atoms with E-state index in [0.717, 1.165) is 42.0 Å². The summed E-state index contributed by atoms with van der Waals surface area (Å²) in [6.45, 7) is 6.44. The molecule has 4 rings (SSSR count). The van der Waals surface area contributed by atoms with Crippen LogP contribution in [0, 0.1) is 17.2 Å². The molecule has 0 atom stereocenters. The quantitative estimate of drug-likeness (QED) is 0.166. The molecule has 1 aliphatic rings. The standard InChI is InChI=1S/C21H24N10/c1-14(2)28-29-20(27-23)16-4-3-5-18(8-16)26-21-19-17(6-7-31(19)25-13-24-21)12-30-10-15(9-22)11-30/h3-8,13-15,23,28H,10-12H2,1-2H3,(H,24,25,26)/p+2/b27-23?,29-20-. The summed E-state index contributed by atoms with van der Waals surface area (Å²) in [4.78, 5) is 6.72. The number of rotatable bonds is 7. The molecule has 1 saturated heterocycles. The van der Waals surface area contributed by atoms with Crippen molar-refractivity contribution in [1.29, 1.82) is 5.26 Å². The number of quaternary nitrogens is 1. The predicted molar refractivity (Wildman–Crippen MR) is 115 cm³/mol. The molecule has 5 N–H and O–H groups in total. The zero-order valence-electron chi connectivity index (χ0n) is 17.6. The first kappa shape index (κ1) is 20.6. The van der Waals surface area contributed by atoms with Gasteiger partial charge < -0.3 is 5.32 Å². The Labute approximate surface area is 180 Å². The third-order valence-corrected chi connectivity index (χ3v) is 5.07. The van der Waals surface area contributed by atoms with E-state index in [-0.39, 0.29) is 5.92 Å². The lowest BCUT2D eigenvalue weighted by Gasteiger charge is -2.35. The molecule has 2 aromatic heterocycles. The largest absolute Gasteiger partial charge is 0.338 e. The molecule has 1 aromatic carbocycles. The summed E-state index contributed by atoms with van der Waals surface area (Å²) in [5.74, 6) is 1.31. The van der Waals surface area contributed by atoms with Crippen molar-refractivity contribution in [2.75, 3.05) is 18.4 Å². The first-order valence-corrected chi connectivity index (χ1v) is 10.2. The number of hydrogen-bond acceptors (Lipinski definition) is 6. The van der Waals surface area contributed by atoms with E-state index in [9.17, 15) is 0 Å². The van der Waals surface area contributed by atoms with Crippen LogP contribution in [0.15, 0.2) is 53.1 Å².